The minimum atomic E-state index is -0.692. The zero-order chi connectivity index (χ0) is 12.7. The van der Waals surface area contributed by atoms with Gasteiger partial charge in [-0.25, -0.2) is 4.39 Å². The highest BCUT2D eigenvalue weighted by molar-refractivity contribution is 7.99. The van der Waals surface area contributed by atoms with Gasteiger partial charge in [0.1, 0.15) is 5.82 Å². The van der Waals surface area contributed by atoms with E-state index in [1.54, 1.807) is 18.2 Å². The van der Waals surface area contributed by atoms with Gasteiger partial charge in [0.25, 0.3) is 0 Å². The highest BCUT2D eigenvalue weighted by Crippen LogP contribution is 2.42. The van der Waals surface area contributed by atoms with Crippen molar-refractivity contribution in [2.45, 2.75) is 22.3 Å². The fourth-order valence-electron chi connectivity index (χ4n) is 2.13. The molecule has 1 N–H and O–H groups in total. The molecule has 1 aliphatic rings. The van der Waals surface area contributed by atoms with Gasteiger partial charge in [-0.05, 0) is 35.4 Å². The molecule has 1 aliphatic heterocycles. The van der Waals surface area contributed by atoms with Crippen molar-refractivity contribution in [1.82, 2.24) is 0 Å². The highest BCUT2D eigenvalue weighted by Gasteiger charge is 2.23. The maximum Gasteiger partial charge on any atom is 0.137 e. The summed E-state index contributed by atoms with van der Waals surface area (Å²) in [7, 11) is 0. The summed E-state index contributed by atoms with van der Waals surface area (Å²) in [6.45, 7) is 0. The first-order valence-electron chi connectivity index (χ1n) is 5.58. The molecule has 1 nitrogen and oxygen atoms in total. The SMILES string of the molecule is OC1Cc2cc(Cl)ccc2Sc2c(F)cccc21. The van der Waals surface area contributed by atoms with Crippen LogP contribution in [0.2, 0.25) is 5.02 Å². The van der Waals surface area contributed by atoms with Crippen LogP contribution in [0.5, 0.6) is 0 Å². The van der Waals surface area contributed by atoms with Crippen LogP contribution in [-0.2, 0) is 6.42 Å². The van der Waals surface area contributed by atoms with E-state index in [1.165, 1.54) is 17.8 Å². The van der Waals surface area contributed by atoms with Crippen molar-refractivity contribution in [3.63, 3.8) is 0 Å². The zero-order valence-corrected chi connectivity index (χ0v) is 10.9. The molecule has 1 heterocycles. The summed E-state index contributed by atoms with van der Waals surface area (Å²) in [6.07, 6.45) is -0.234. The second kappa shape index (κ2) is 4.57. The van der Waals surface area contributed by atoms with E-state index < -0.39 is 6.10 Å². The molecule has 4 heteroatoms. The standard InChI is InChI=1S/C14H10ClFOS/c15-9-4-5-13-8(6-9)7-12(17)10-2-1-3-11(16)14(10)18-13/h1-6,12,17H,7H2. The number of benzene rings is 2. The molecular weight excluding hydrogens is 271 g/mol. The third-order valence-electron chi connectivity index (χ3n) is 3.00. The molecule has 0 aliphatic carbocycles. The van der Waals surface area contributed by atoms with Crippen LogP contribution >= 0.6 is 23.4 Å². The molecule has 0 saturated carbocycles. The van der Waals surface area contributed by atoms with Crippen LogP contribution in [0.1, 0.15) is 17.2 Å². The summed E-state index contributed by atoms with van der Waals surface area (Å²) in [4.78, 5) is 1.45. The second-order valence-corrected chi connectivity index (χ2v) is 5.72. The smallest absolute Gasteiger partial charge is 0.137 e. The van der Waals surface area contributed by atoms with Gasteiger partial charge in [0.2, 0.25) is 0 Å². The van der Waals surface area contributed by atoms with Gasteiger partial charge in [0, 0.05) is 16.3 Å². The monoisotopic (exact) mass is 280 g/mol. The van der Waals surface area contributed by atoms with Crippen molar-refractivity contribution in [1.29, 1.82) is 0 Å². The molecule has 0 aromatic heterocycles. The Labute approximate surface area is 114 Å². The Balaban J connectivity index is 2.17. The number of aliphatic hydroxyl groups is 1. The largest absolute Gasteiger partial charge is 0.388 e. The van der Waals surface area contributed by atoms with E-state index >= 15 is 0 Å². The van der Waals surface area contributed by atoms with Gasteiger partial charge in [0.15, 0.2) is 0 Å². The second-order valence-electron chi connectivity index (χ2n) is 4.23. The summed E-state index contributed by atoms with van der Waals surface area (Å²) in [5.74, 6) is -0.292. The van der Waals surface area contributed by atoms with E-state index in [1.807, 2.05) is 12.1 Å². The summed E-state index contributed by atoms with van der Waals surface area (Å²) in [6, 6.07) is 10.3. The average molecular weight is 281 g/mol. The number of aliphatic hydroxyl groups excluding tert-OH is 1. The van der Waals surface area contributed by atoms with Gasteiger partial charge in [-0.15, -0.1) is 0 Å². The Bertz CT molecular complexity index is 615. The number of halogens is 2. The minimum Gasteiger partial charge on any atom is -0.388 e. The van der Waals surface area contributed by atoms with Crippen molar-refractivity contribution in [3.05, 3.63) is 58.4 Å². The van der Waals surface area contributed by atoms with E-state index in [4.69, 9.17) is 11.6 Å². The molecule has 2 aromatic carbocycles. The Hall–Kier alpha value is -1.03. The first-order chi connectivity index (χ1) is 8.65. The quantitative estimate of drug-likeness (QED) is 0.780. The number of fused-ring (bicyclic) bond motifs is 2. The summed E-state index contributed by atoms with van der Waals surface area (Å²) in [5.41, 5.74) is 1.60. The molecule has 92 valence electrons. The molecule has 0 amide bonds. The van der Waals surface area contributed by atoms with Gasteiger partial charge < -0.3 is 5.11 Å². The normalized spacial score (nSPS) is 17.8. The first-order valence-corrected chi connectivity index (χ1v) is 6.77. The summed E-state index contributed by atoms with van der Waals surface area (Å²) in [5, 5.41) is 10.8. The van der Waals surface area contributed by atoms with Gasteiger partial charge in [0.05, 0.1) is 11.0 Å². The topological polar surface area (TPSA) is 20.2 Å². The predicted molar refractivity (Wildman–Crippen MR) is 70.6 cm³/mol. The Morgan fingerprint density at radius 3 is 2.94 bits per heavy atom. The van der Waals surface area contributed by atoms with E-state index in [0.29, 0.717) is 21.9 Å². The van der Waals surface area contributed by atoms with Crippen LogP contribution in [0.25, 0.3) is 0 Å². The molecule has 0 radical (unpaired) electrons. The lowest BCUT2D eigenvalue weighted by atomic mass is 10.0. The lowest BCUT2D eigenvalue weighted by Crippen LogP contribution is -2.02. The van der Waals surface area contributed by atoms with Gasteiger partial charge >= 0.3 is 0 Å². The van der Waals surface area contributed by atoms with Gasteiger partial charge in [-0.2, -0.15) is 0 Å². The molecule has 1 atom stereocenters. The molecule has 0 bridgehead atoms. The van der Waals surface area contributed by atoms with E-state index in [2.05, 4.69) is 0 Å². The fourth-order valence-corrected chi connectivity index (χ4v) is 3.44. The summed E-state index contributed by atoms with van der Waals surface area (Å²) >= 11 is 7.30. The van der Waals surface area contributed by atoms with Crippen LogP contribution in [0.4, 0.5) is 4.39 Å². The Kier molecular flexibility index (Phi) is 3.06. The molecule has 0 fully saturated rings. The van der Waals surface area contributed by atoms with Crippen molar-refractivity contribution >= 4 is 23.4 Å². The molecule has 0 saturated heterocycles. The van der Waals surface area contributed by atoms with Crippen molar-refractivity contribution < 1.29 is 9.50 Å². The van der Waals surface area contributed by atoms with Crippen molar-refractivity contribution in [2.75, 3.05) is 0 Å². The fraction of sp³-hybridized carbons (Fsp3) is 0.143. The zero-order valence-electron chi connectivity index (χ0n) is 9.36. The highest BCUT2D eigenvalue weighted by atomic mass is 35.5. The lowest BCUT2D eigenvalue weighted by molar-refractivity contribution is 0.174. The summed E-state index contributed by atoms with van der Waals surface area (Å²) < 4.78 is 13.8. The van der Waals surface area contributed by atoms with Crippen molar-refractivity contribution in [2.24, 2.45) is 0 Å². The average Bonchev–Trinajstić information content (AvgIpc) is 2.47. The van der Waals surface area contributed by atoms with Gasteiger partial charge in [-0.1, -0.05) is 35.5 Å². The van der Waals surface area contributed by atoms with Crippen LogP contribution in [0.3, 0.4) is 0 Å². The Morgan fingerprint density at radius 1 is 1.28 bits per heavy atom. The minimum absolute atomic E-state index is 0.292. The number of hydrogen-bond acceptors (Lipinski definition) is 2. The number of hydrogen-bond donors (Lipinski definition) is 1. The van der Waals surface area contributed by atoms with Crippen LogP contribution in [0, 0.1) is 5.82 Å². The van der Waals surface area contributed by atoms with Crippen LogP contribution < -0.4 is 0 Å². The molecule has 0 spiro atoms. The third kappa shape index (κ3) is 2.03. The van der Waals surface area contributed by atoms with E-state index in [9.17, 15) is 9.50 Å². The van der Waals surface area contributed by atoms with Crippen LogP contribution in [-0.4, -0.2) is 5.11 Å². The Morgan fingerprint density at radius 2 is 2.11 bits per heavy atom. The van der Waals surface area contributed by atoms with Gasteiger partial charge in [-0.3, -0.25) is 0 Å². The molecule has 3 rings (SSSR count). The first kappa shape index (κ1) is 12.0. The van der Waals surface area contributed by atoms with Crippen molar-refractivity contribution in [3.8, 4) is 0 Å². The maximum atomic E-state index is 13.8. The molecule has 18 heavy (non-hydrogen) atoms. The molecular formula is C14H10ClFOS. The van der Waals surface area contributed by atoms with Crippen LogP contribution in [0.15, 0.2) is 46.2 Å². The number of rotatable bonds is 0. The lowest BCUT2D eigenvalue weighted by Gasteiger charge is -2.11. The molecule has 2 aromatic rings. The third-order valence-corrected chi connectivity index (χ3v) is 4.49. The van der Waals surface area contributed by atoms with E-state index in [0.717, 1.165) is 10.5 Å². The maximum absolute atomic E-state index is 13.8. The molecule has 1 unspecified atom stereocenters. The van der Waals surface area contributed by atoms with E-state index in [-0.39, 0.29) is 5.82 Å². The predicted octanol–water partition coefficient (Wildman–Crippen LogP) is 4.22.